The number of anilines is 1. The van der Waals surface area contributed by atoms with Gasteiger partial charge in [0.25, 0.3) is 5.91 Å². The van der Waals surface area contributed by atoms with E-state index in [9.17, 15) is 18.0 Å². The van der Waals surface area contributed by atoms with Crippen molar-refractivity contribution in [2.75, 3.05) is 5.32 Å². The summed E-state index contributed by atoms with van der Waals surface area (Å²) in [6, 6.07) is 14.1. The average Bonchev–Trinajstić information content (AvgIpc) is 3.11. The van der Waals surface area contributed by atoms with Crippen LogP contribution < -0.4 is 10.1 Å². The summed E-state index contributed by atoms with van der Waals surface area (Å²) < 4.78 is 44.3. The highest BCUT2D eigenvalue weighted by atomic mass is 35.5. The molecule has 1 heterocycles. The SMILES string of the molecule is O=C(Nc1ccc(Cl)c(C(F)(F)F)c1)c1cc(COc2ccccc2)cs1. The van der Waals surface area contributed by atoms with Gasteiger partial charge in [0.1, 0.15) is 12.4 Å². The van der Waals surface area contributed by atoms with Crippen molar-refractivity contribution in [3.8, 4) is 5.75 Å². The minimum atomic E-state index is -4.59. The maximum absolute atomic E-state index is 12.9. The normalized spacial score (nSPS) is 11.3. The van der Waals surface area contributed by atoms with Crippen molar-refractivity contribution in [1.82, 2.24) is 0 Å². The van der Waals surface area contributed by atoms with E-state index in [1.54, 1.807) is 11.4 Å². The fourth-order valence-electron chi connectivity index (χ4n) is 2.27. The van der Waals surface area contributed by atoms with Gasteiger partial charge in [0.15, 0.2) is 0 Å². The Morgan fingerprint density at radius 1 is 1.11 bits per heavy atom. The molecule has 1 amide bonds. The first-order chi connectivity index (χ1) is 12.8. The summed E-state index contributed by atoms with van der Waals surface area (Å²) in [5, 5.41) is 3.80. The fourth-order valence-corrected chi connectivity index (χ4v) is 3.28. The Hall–Kier alpha value is -2.51. The number of hydrogen-bond acceptors (Lipinski definition) is 3. The first kappa shape index (κ1) is 19.3. The van der Waals surface area contributed by atoms with Gasteiger partial charge in [-0.3, -0.25) is 4.79 Å². The number of nitrogens with one attached hydrogen (secondary N) is 1. The fraction of sp³-hybridized carbons (Fsp3) is 0.105. The number of rotatable bonds is 5. The molecule has 0 saturated heterocycles. The number of halogens is 4. The molecular formula is C19H13ClF3NO2S. The minimum absolute atomic E-state index is 0.0206. The van der Waals surface area contributed by atoms with Crippen molar-refractivity contribution in [2.45, 2.75) is 12.8 Å². The summed E-state index contributed by atoms with van der Waals surface area (Å²) in [5.41, 5.74) is -0.182. The van der Waals surface area contributed by atoms with Gasteiger partial charge in [0, 0.05) is 11.3 Å². The molecule has 2 aromatic carbocycles. The standard InChI is InChI=1S/C19H13ClF3NO2S/c20-16-7-6-13(9-15(16)19(21,22)23)24-18(25)17-8-12(11-27-17)10-26-14-4-2-1-3-5-14/h1-9,11H,10H2,(H,24,25). The number of benzene rings is 2. The van der Waals surface area contributed by atoms with Crippen LogP contribution in [0.5, 0.6) is 5.75 Å². The van der Waals surface area contributed by atoms with E-state index in [1.807, 2.05) is 30.3 Å². The second-order valence-electron chi connectivity index (χ2n) is 5.57. The molecule has 8 heteroatoms. The molecule has 1 aromatic heterocycles. The van der Waals surface area contributed by atoms with Gasteiger partial charge in [0.2, 0.25) is 0 Å². The van der Waals surface area contributed by atoms with Crippen molar-refractivity contribution >= 4 is 34.5 Å². The lowest BCUT2D eigenvalue weighted by atomic mass is 10.2. The van der Waals surface area contributed by atoms with E-state index >= 15 is 0 Å². The molecule has 27 heavy (non-hydrogen) atoms. The van der Waals surface area contributed by atoms with E-state index in [1.165, 1.54) is 17.4 Å². The lowest BCUT2D eigenvalue weighted by molar-refractivity contribution is -0.137. The summed E-state index contributed by atoms with van der Waals surface area (Å²) in [5.74, 6) is 0.206. The maximum Gasteiger partial charge on any atom is 0.417 e. The van der Waals surface area contributed by atoms with E-state index in [0.717, 1.165) is 17.7 Å². The summed E-state index contributed by atoms with van der Waals surface area (Å²) in [4.78, 5) is 12.7. The Balaban J connectivity index is 1.66. The lowest BCUT2D eigenvalue weighted by Gasteiger charge is -2.11. The van der Waals surface area contributed by atoms with Crippen LogP contribution in [-0.4, -0.2) is 5.91 Å². The second-order valence-corrected chi connectivity index (χ2v) is 6.89. The van der Waals surface area contributed by atoms with Gasteiger partial charge in [-0.05, 0) is 41.8 Å². The van der Waals surface area contributed by atoms with Crippen LogP contribution in [0, 0.1) is 0 Å². The molecule has 0 radical (unpaired) electrons. The third-order valence-corrected chi connectivity index (χ3v) is 4.86. The molecule has 0 spiro atoms. The number of carbonyl (C=O) groups excluding carboxylic acids is 1. The van der Waals surface area contributed by atoms with Crippen LogP contribution >= 0.6 is 22.9 Å². The summed E-state index contributed by atoms with van der Waals surface area (Å²) >= 11 is 6.76. The van der Waals surface area contributed by atoms with E-state index in [2.05, 4.69) is 5.32 Å². The number of thiophene rings is 1. The van der Waals surface area contributed by atoms with E-state index in [0.29, 0.717) is 10.6 Å². The van der Waals surface area contributed by atoms with E-state index < -0.39 is 22.7 Å². The van der Waals surface area contributed by atoms with Crippen LogP contribution in [0.15, 0.2) is 60.0 Å². The first-order valence-electron chi connectivity index (χ1n) is 7.76. The molecule has 0 fully saturated rings. The van der Waals surface area contributed by atoms with Crippen molar-refractivity contribution in [2.24, 2.45) is 0 Å². The van der Waals surface area contributed by atoms with Crippen molar-refractivity contribution < 1.29 is 22.7 Å². The summed E-state index contributed by atoms with van der Waals surface area (Å²) in [6.07, 6.45) is -4.59. The van der Waals surface area contributed by atoms with Gasteiger partial charge in [0.05, 0.1) is 15.5 Å². The summed E-state index contributed by atoms with van der Waals surface area (Å²) in [7, 11) is 0. The van der Waals surface area contributed by atoms with Gasteiger partial charge >= 0.3 is 6.18 Å². The van der Waals surface area contributed by atoms with Crippen LogP contribution in [-0.2, 0) is 12.8 Å². The van der Waals surface area contributed by atoms with Gasteiger partial charge < -0.3 is 10.1 Å². The van der Waals surface area contributed by atoms with E-state index in [4.69, 9.17) is 16.3 Å². The number of alkyl halides is 3. The molecule has 3 aromatic rings. The first-order valence-corrected chi connectivity index (χ1v) is 9.02. The predicted octanol–water partition coefficient (Wildman–Crippen LogP) is 6.25. The zero-order valence-electron chi connectivity index (χ0n) is 13.7. The number of carbonyl (C=O) groups is 1. The third kappa shape index (κ3) is 5.02. The molecule has 0 aliphatic heterocycles. The van der Waals surface area contributed by atoms with Gasteiger partial charge in [-0.2, -0.15) is 13.2 Å². The summed E-state index contributed by atoms with van der Waals surface area (Å²) in [6.45, 7) is 0.285. The Kier molecular flexibility index (Phi) is 5.72. The molecule has 3 nitrogen and oxygen atoms in total. The molecule has 3 rings (SSSR count). The largest absolute Gasteiger partial charge is 0.489 e. The molecule has 0 saturated carbocycles. The second kappa shape index (κ2) is 8.02. The zero-order valence-corrected chi connectivity index (χ0v) is 15.3. The molecular weight excluding hydrogens is 399 g/mol. The highest BCUT2D eigenvalue weighted by molar-refractivity contribution is 7.12. The van der Waals surface area contributed by atoms with Crippen molar-refractivity contribution in [3.05, 3.63) is 81.0 Å². The van der Waals surface area contributed by atoms with Crippen LogP contribution in [0.3, 0.4) is 0 Å². The zero-order chi connectivity index (χ0) is 19.4. The highest BCUT2D eigenvalue weighted by Gasteiger charge is 2.33. The molecule has 1 N–H and O–H groups in total. The van der Waals surface area contributed by atoms with Gasteiger partial charge in [-0.1, -0.05) is 29.8 Å². The Bertz CT molecular complexity index is 942. The topological polar surface area (TPSA) is 38.3 Å². The number of amides is 1. The van der Waals surface area contributed by atoms with Crippen LogP contribution in [0.4, 0.5) is 18.9 Å². The van der Waals surface area contributed by atoms with Crippen LogP contribution in [0.1, 0.15) is 20.8 Å². The minimum Gasteiger partial charge on any atom is -0.489 e. The average molecular weight is 412 g/mol. The monoisotopic (exact) mass is 411 g/mol. The molecule has 0 aliphatic carbocycles. The number of ether oxygens (including phenoxy) is 1. The van der Waals surface area contributed by atoms with Crippen molar-refractivity contribution in [1.29, 1.82) is 0 Å². The van der Waals surface area contributed by atoms with Crippen molar-refractivity contribution in [3.63, 3.8) is 0 Å². The smallest absolute Gasteiger partial charge is 0.417 e. The molecule has 0 bridgehead atoms. The predicted molar refractivity (Wildman–Crippen MR) is 99.5 cm³/mol. The molecule has 0 atom stereocenters. The third-order valence-electron chi connectivity index (χ3n) is 3.56. The highest BCUT2D eigenvalue weighted by Crippen LogP contribution is 2.36. The van der Waals surface area contributed by atoms with Crippen LogP contribution in [0.2, 0.25) is 5.02 Å². The molecule has 0 aliphatic rings. The molecule has 140 valence electrons. The quantitative estimate of drug-likeness (QED) is 0.538. The van der Waals surface area contributed by atoms with Crippen LogP contribution in [0.25, 0.3) is 0 Å². The van der Waals surface area contributed by atoms with Gasteiger partial charge in [-0.15, -0.1) is 11.3 Å². The maximum atomic E-state index is 12.9. The van der Waals surface area contributed by atoms with E-state index in [-0.39, 0.29) is 12.3 Å². The number of hydrogen-bond donors (Lipinski definition) is 1. The Morgan fingerprint density at radius 3 is 2.56 bits per heavy atom. The Labute approximate surface area is 162 Å². The Morgan fingerprint density at radius 2 is 1.85 bits per heavy atom. The molecule has 0 unspecified atom stereocenters. The van der Waals surface area contributed by atoms with Gasteiger partial charge in [-0.25, -0.2) is 0 Å². The lowest BCUT2D eigenvalue weighted by Crippen LogP contribution is -2.12. The number of para-hydroxylation sites is 1.